The topological polar surface area (TPSA) is 63.6 Å². The van der Waals surface area contributed by atoms with Gasteiger partial charge in [-0.2, -0.15) is 0 Å². The van der Waals surface area contributed by atoms with Crippen LogP contribution in [0.3, 0.4) is 0 Å². The SMILES string of the molecule is CC(=O)c1ccc(C(=O)O)cc1O[Si](C)(C)C. The van der Waals surface area contributed by atoms with Crippen molar-refractivity contribution in [3.05, 3.63) is 29.3 Å². The second kappa shape index (κ2) is 4.71. The van der Waals surface area contributed by atoms with Crippen LogP contribution in [0, 0.1) is 0 Å². The summed E-state index contributed by atoms with van der Waals surface area (Å²) >= 11 is 0. The molecule has 0 aliphatic rings. The van der Waals surface area contributed by atoms with Gasteiger partial charge in [-0.15, -0.1) is 0 Å². The van der Waals surface area contributed by atoms with E-state index in [4.69, 9.17) is 9.53 Å². The molecule has 0 saturated heterocycles. The molecule has 0 atom stereocenters. The molecule has 1 aromatic rings. The van der Waals surface area contributed by atoms with Gasteiger partial charge in [-0.25, -0.2) is 4.79 Å². The summed E-state index contributed by atoms with van der Waals surface area (Å²) in [6.07, 6.45) is 0. The third kappa shape index (κ3) is 3.71. The maximum absolute atomic E-state index is 11.4. The highest BCUT2D eigenvalue weighted by Gasteiger charge is 2.20. The number of carboxylic acid groups (broad SMARTS) is 1. The van der Waals surface area contributed by atoms with E-state index in [1.165, 1.54) is 25.1 Å². The van der Waals surface area contributed by atoms with Crippen molar-refractivity contribution in [1.29, 1.82) is 0 Å². The summed E-state index contributed by atoms with van der Waals surface area (Å²) in [6, 6.07) is 4.33. The van der Waals surface area contributed by atoms with Crippen LogP contribution in [0.25, 0.3) is 0 Å². The van der Waals surface area contributed by atoms with Crippen molar-refractivity contribution < 1.29 is 19.1 Å². The van der Waals surface area contributed by atoms with E-state index in [1.807, 2.05) is 19.6 Å². The number of hydrogen-bond donors (Lipinski definition) is 1. The fourth-order valence-corrected chi connectivity index (χ4v) is 2.19. The van der Waals surface area contributed by atoms with Crippen LogP contribution >= 0.6 is 0 Å². The molecular formula is C12H16O4Si. The first-order valence-corrected chi connectivity index (χ1v) is 8.69. The highest BCUT2D eigenvalue weighted by atomic mass is 28.4. The van der Waals surface area contributed by atoms with Gasteiger partial charge in [0.05, 0.1) is 11.1 Å². The lowest BCUT2D eigenvalue weighted by molar-refractivity contribution is 0.0696. The predicted molar refractivity (Wildman–Crippen MR) is 67.4 cm³/mol. The normalized spacial score (nSPS) is 11.1. The zero-order chi connectivity index (χ0) is 13.2. The molecule has 0 aliphatic carbocycles. The molecule has 0 bridgehead atoms. The minimum Gasteiger partial charge on any atom is -0.544 e. The standard InChI is InChI=1S/C12H16O4Si/c1-8(13)10-6-5-9(12(14)15)7-11(10)16-17(2,3)4/h5-7H,1-4H3,(H,14,15). The Hall–Kier alpha value is -1.62. The third-order valence-electron chi connectivity index (χ3n) is 2.02. The summed E-state index contributed by atoms with van der Waals surface area (Å²) in [4.78, 5) is 22.3. The molecule has 17 heavy (non-hydrogen) atoms. The molecule has 5 heteroatoms. The first-order valence-electron chi connectivity index (χ1n) is 5.28. The molecule has 0 radical (unpaired) electrons. The second-order valence-corrected chi connectivity index (χ2v) is 9.22. The molecule has 1 rings (SSSR count). The van der Waals surface area contributed by atoms with Gasteiger partial charge in [0.1, 0.15) is 5.75 Å². The molecule has 0 aliphatic heterocycles. The van der Waals surface area contributed by atoms with Crippen molar-refractivity contribution in [2.24, 2.45) is 0 Å². The summed E-state index contributed by atoms with van der Waals surface area (Å²) < 4.78 is 5.74. The van der Waals surface area contributed by atoms with Crippen LogP contribution in [0.2, 0.25) is 19.6 Å². The number of Topliss-reactive ketones (excluding diaryl/α,β-unsaturated/α-hetero) is 1. The summed E-state index contributed by atoms with van der Waals surface area (Å²) in [6.45, 7) is 7.37. The minimum atomic E-state index is -1.88. The largest absolute Gasteiger partial charge is 0.544 e. The van der Waals surface area contributed by atoms with Crippen LogP contribution in [0.1, 0.15) is 27.6 Å². The maximum atomic E-state index is 11.4. The van der Waals surface area contributed by atoms with Gasteiger partial charge >= 0.3 is 5.97 Å². The molecule has 0 heterocycles. The van der Waals surface area contributed by atoms with Crippen LogP contribution in [0.15, 0.2) is 18.2 Å². The number of hydrogen-bond acceptors (Lipinski definition) is 3. The highest BCUT2D eigenvalue weighted by Crippen LogP contribution is 2.24. The number of carbonyl (C=O) groups is 2. The van der Waals surface area contributed by atoms with E-state index in [1.54, 1.807) is 0 Å². The quantitative estimate of drug-likeness (QED) is 0.661. The molecule has 0 amide bonds. The molecule has 92 valence electrons. The zero-order valence-corrected chi connectivity index (χ0v) is 11.4. The Morgan fingerprint density at radius 3 is 2.24 bits per heavy atom. The Labute approximate surface area is 101 Å². The monoisotopic (exact) mass is 252 g/mol. The Morgan fingerprint density at radius 2 is 1.82 bits per heavy atom. The van der Waals surface area contributed by atoms with Crippen molar-refractivity contribution in [3.8, 4) is 5.75 Å². The Balaban J connectivity index is 3.25. The molecule has 4 nitrogen and oxygen atoms in total. The van der Waals surface area contributed by atoms with Crippen molar-refractivity contribution in [2.45, 2.75) is 26.6 Å². The van der Waals surface area contributed by atoms with Crippen LogP contribution in [0.5, 0.6) is 5.75 Å². The van der Waals surface area contributed by atoms with E-state index >= 15 is 0 Å². The first kappa shape index (κ1) is 13.4. The number of benzene rings is 1. The highest BCUT2D eigenvalue weighted by molar-refractivity contribution is 6.70. The van der Waals surface area contributed by atoms with E-state index in [2.05, 4.69) is 0 Å². The van der Waals surface area contributed by atoms with Crippen LogP contribution in [-0.2, 0) is 0 Å². The Morgan fingerprint density at radius 1 is 1.24 bits per heavy atom. The second-order valence-electron chi connectivity index (χ2n) is 4.79. The van der Waals surface area contributed by atoms with Crippen molar-refractivity contribution >= 4 is 20.1 Å². The summed E-state index contributed by atoms with van der Waals surface area (Å²) in [5.74, 6) is -0.785. The summed E-state index contributed by atoms with van der Waals surface area (Å²) in [5.41, 5.74) is 0.556. The van der Waals surface area contributed by atoms with Crippen LogP contribution in [-0.4, -0.2) is 25.2 Å². The number of rotatable bonds is 4. The first-order chi connectivity index (χ1) is 7.70. The molecule has 0 spiro atoms. The Kier molecular flexibility index (Phi) is 3.72. The van der Waals surface area contributed by atoms with Gasteiger partial charge in [0.25, 0.3) is 0 Å². The lowest BCUT2D eigenvalue weighted by atomic mass is 10.1. The molecular weight excluding hydrogens is 236 g/mol. The van der Waals surface area contributed by atoms with Crippen molar-refractivity contribution in [2.75, 3.05) is 0 Å². The van der Waals surface area contributed by atoms with E-state index in [9.17, 15) is 9.59 Å². The summed E-state index contributed by atoms with van der Waals surface area (Å²) in [7, 11) is -1.88. The molecule has 1 aromatic carbocycles. The number of aromatic carboxylic acids is 1. The van der Waals surface area contributed by atoms with E-state index in [0.29, 0.717) is 11.3 Å². The minimum absolute atomic E-state index is 0.128. The molecule has 0 saturated carbocycles. The third-order valence-corrected chi connectivity index (χ3v) is 2.86. The van der Waals surface area contributed by atoms with E-state index < -0.39 is 14.3 Å². The van der Waals surface area contributed by atoms with Gasteiger partial charge in [0, 0.05) is 0 Å². The molecule has 0 unspecified atom stereocenters. The predicted octanol–water partition coefficient (Wildman–Crippen LogP) is 2.80. The van der Waals surface area contributed by atoms with Gasteiger partial charge in [0.15, 0.2) is 5.78 Å². The lowest BCUT2D eigenvalue weighted by Gasteiger charge is -2.21. The maximum Gasteiger partial charge on any atom is 0.335 e. The molecule has 0 fully saturated rings. The van der Waals surface area contributed by atoms with Gasteiger partial charge in [-0.3, -0.25) is 4.79 Å². The van der Waals surface area contributed by atoms with Crippen LogP contribution in [0.4, 0.5) is 0 Å². The van der Waals surface area contributed by atoms with E-state index in [-0.39, 0.29) is 11.3 Å². The molecule has 0 aromatic heterocycles. The number of ketones is 1. The lowest BCUT2D eigenvalue weighted by Crippen LogP contribution is -2.30. The van der Waals surface area contributed by atoms with Crippen LogP contribution < -0.4 is 4.43 Å². The van der Waals surface area contributed by atoms with Gasteiger partial charge < -0.3 is 9.53 Å². The number of carbonyl (C=O) groups excluding carboxylic acids is 1. The molecule has 1 N–H and O–H groups in total. The van der Waals surface area contributed by atoms with Gasteiger partial charge in [0.2, 0.25) is 8.32 Å². The average molecular weight is 252 g/mol. The smallest absolute Gasteiger partial charge is 0.335 e. The zero-order valence-electron chi connectivity index (χ0n) is 10.4. The fourth-order valence-electron chi connectivity index (χ4n) is 1.36. The van der Waals surface area contributed by atoms with Gasteiger partial charge in [-0.05, 0) is 44.8 Å². The van der Waals surface area contributed by atoms with E-state index in [0.717, 1.165) is 0 Å². The van der Waals surface area contributed by atoms with Gasteiger partial charge in [-0.1, -0.05) is 0 Å². The summed E-state index contributed by atoms with van der Waals surface area (Å²) in [5, 5.41) is 8.91. The fraction of sp³-hybridized carbons (Fsp3) is 0.333. The van der Waals surface area contributed by atoms with Crippen molar-refractivity contribution in [1.82, 2.24) is 0 Å². The number of carboxylic acids is 1. The van der Waals surface area contributed by atoms with Crippen molar-refractivity contribution in [3.63, 3.8) is 0 Å². The average Bonchev–Trinajstić information content (AvgIpc) is 2.14. The Bertz CT molecular complexity index is 460.